The lowest BCUT2D eigenvalue weighted by Crippen LogP contribution is -2.01. The number of hydrogen-bond donors (Lipinski definition) is 1. The van der Waals surface area contributed by atoms with E-state index in [1.54, 1.807) is 13.4 Å². The van der Waals surface area contributed by atoms with Crippen molar-refractivity contribution in [2.45, 2.75) is 13.5 Å². The predicted octanol–water partition coefficient (Wildman–Crippen LogP) is 3.65. The summed E-state index contributed by atoms with van der Waals surface area (Å²) in [5.74, 6) is 7.02. The zero-order valence-corrected chi connectivity index (χ0v) is 16.2. The van der Waals surface area contributed by atoms with Crippen LogP contribution in [0.1, 0.15) is 23.7 Å². The minimum atomic E-state index is -1.15. The Morgan fingerprint density at radius 1 is 1.22 bits per heavy atom. The molecule has 1 aromatic heterocycles. The number of hydrogen-bond acceptors (Lipinski definition) is 3. The maximum atomic E-state index is 11.3. The van der Waals surface area contributed by atoms with E-state index in [-0.39, 0.29) is 0 Å². The first-order valence-corrected chi connectivity index (χ1v) is 9.95. The van der Waals surface area contributed by atoms with Crippen LogP contribution in [0, 0.1) is 23.2 Å². The first kappa shape index (κ1) is 18.6. The van der Waals surface area contributed by atoms with Crippen LogP contribution in [0.4, 0.5) is 5.69 Å². The zero-order chi connectivity index (χ0) is 19.4. The molecule has 136 valence electrons. The second-order valence-corrected chi connectivity index (χ2v) is 6.96. The third-order valence-corrected chi connectivity index (χ3v) is 4.67. The molecule has 3 aromatic rings. The van der Waals surface area contributed by atoms with Crippen molar-refractivity contribution in [3.05, 3.63) is 59.3 Å². The zero-order valence-electron chi connectivity index (χ0n) is 15.4. The van der Waals surface area contributed by atoms with E-state index in [9.17, 15) is 9.47 Å². The molecule has 27 heavy (non-hydrogen) atoms. The topological polar surface area (TPSA) is 67.0 Å². The monoisotopic (exact) mass is 377 g/mol. The van der Waals surface area contributed by atoms with Gasteiger partial charge in [-0.05, 0) is 43.2 Å². The van der Waals surface area contributed by atoms with Crippen molar-refractivity contribution >= 4 is 27.6 Å². The van der Waals surface area contributed by atoms with Gasteiger partial charge in [0.25, 0.3) is 0 Å². The molecule has 5 nitrogen and oxygen atoms in total. The maximum absolute atomic E-state index is 11.3. The van der Waals surface area contributed by atoms with Gasteiger partial charge in [-0.15, -0.1) is 0 Å². The van der Waals surface area contributed by atoms with E-state index < -0.39 is 11.0 Å². The number of aryl methyl sites for hydroxylation is 1. The normalized spacial score (nSPS) is 11.3. The standard InChI is InChI=1S/C21H19N3O2S/c1-4-24-20(11-8-15-6-5-7-16(12-15)23-27(3)25)19(14-22)18-10-9-17(26-2)13-21(18)24/h5-7,9-10,12-13,23H,4H2,1-3H3. The average Bonchev–Trinajstić information content (AvgIpc) is 2.97. The third-order valence-electron chi connectivity index (χ3n) is 4.15. The van der Waals surface area contributed by atoms with Gasteiger partial charge in [0.2, 0.25) is 0 Å². The molecule has 0 amide bonds. The molecule has 6 heteroatoms. The molecule has 0 fully saturated rings. The lowest BCUT2D eigenvalue weighted by molar-refractivity contribution is 0.415. The van der Waals surface area contributed by atoms with Gasteiger partial charge in [-0.25, -0.2) is 4.21 Å². The molecule has 0 aliphatic carbocycles. The van der Waals surface area contributed by atoms with E-state index in [0.29, 0.717) is 17.8 Å². The van der Waals surface area contributed by atoms with Crippen LogP contribution in [0.2, 0.25) is 0 Å². The Labute approximate surface area is 161 Å². The molecule has 1 heterocycles. The number of fused-ring (bicyclic) bond motifs is 1. The number of aromatic nitrogens is 1. The number of nitrogens with one attached hydrogen (secondary N) is 1. The smallest absolute Gasteiger partial charge is 0.120 e. The Morgan fingerprint density at radius 3 is 2.70 bits per heavy atom. The largest absolute Gasteiger partial charge is 0.497 e. The SMILES string of the molecule is CCn1c(C#Cc2cccc(NS(C)=O)c2)c(C#N)c2ccc(OC)cc21. The van der Waals surface area contributed by atoms with Crippen LogP contribution in [-0.2, 0) is 17.5 Å². The molecule has 0 aliphatic rings. The predicted molar refractivity (Wildman–Crippen MR) is 109 cm³/mol. The van der Waals surface area contributed by atoms with Crippen LogP contribution in [0.3, 0.4) is 0 Å². The molecule has 3 rings (SSSR count). The number of rotatable bonds is 4. The van der Waals surface area contributed by atoms with Crippen LogP contribution in [0.25, 0.3) is 10.9 Å². The number of benzene rings is 2. The van der Waals surface area contributed by atoms with Crippen molar-refractivity contribution in [1.82, 2.24) is 4.57 Å². The highest BCUT2D eigenvalue weighted by Crippen LogP contribution is 2.28. The van der Waals surface area contributed by atoms with Gasteiger partial charge in [-0.2, -0.15) is 5.26 Å². The minimum absolute atomic E-state index is 0.561. The van der Waals surface area contributed by atoms with Gasteiger partial charge >= 0.3 is 0 Å². The second-order valence-electron chi connectivity index (χ2n) is 5.85. The molecule has 0 saturated carbocycles. The van der Waals surface area contributed by atoms with Crippen LogP contribution >= 0.6 is 0 Å². The van der Waals surface area contributed by atoms with E-state index in [2.05, 4.69) is 22.6 Å². The van der Waals surface area contributed by atoms with Crippen LogP contribution in [-0.4, -0.2) is 22.1 Å². The molecule has 2 aromatic carbocycles. The minimum Gasteiger partial charge on any atom is -0.497 e. The summed E-state index contributed by atoms with van der Waals surface area (Å²) in [6.45, 7) is 2.71. The van der Waals surface area contributed by atoms with Crippen molar-refractivity contribution in [2.24, 2.45) is 0 Å². The summed E-state index contributed by atoms with van der Waals surface area (Å²) in [4.78, 5) is 0. The van der Waals surface area contributed by atoms with Gasteiger partial charge in [0.1, 0.15) is 28.5 Å². The molecule has 0 spiro atoms. The summed E-state index contributed by atoms with van der Waals surface area (Å²) in [6.07, 6.45) is 1.57. The van der Waals surface area contributed by atoms with Crippen molar-refractivity contribution in [3.63, 3.8) is 0 Å². The highest BCUT2D eigenvalue weighted by atomic mass is 32.2. The van der Waals surface area contributed by atoms with Crippen LogP contribution in [0.15, 0.2) is 42.5 Å². The third kappa shape index (κ3) is 3.81. The summed E-state index contributed by atoms with van der Waals surface area (Å²) >= 11 is 0. The van der Waals surface area contributed by atoms with Crippen molar-refractivity contribution < 1.29 is 8.95 Å². The molecular weight excluding hydrogens is 358 g/mol. The Kier molecular flexibility index (Phi) is 5.49. The summed E-state index contributed by atoms with van der Waals surface area (Å²) < 4.78 is 21.5. The molecular formula is C21H19N3O2S. The first-order valence-electron chi connectivity index (χ1n) is 8.39. The first-order chi connectivity index (χ1) is 13.1. The Balaban J connectivity index is 2.12. The molecule has 0 bridgehead atoms. The summed E-state index contributed by atoms with van der Waals surface area (Å²) in [5.41, 5.74) is 3.69. The van der Waals surface area contributed by atoms with E-state index in [1.807, 2.05) is 54.0 Å². The molecule has 0 aliphatic heterocycles. The number of nitrogens with zero attached hydrogens (tertiary/aromatic N) is 2. The average molecular weight is 377 g/mol. The molecule has 1 atom stereocenters. The van der Waals surface area contributed by atoms with Gasteiger partial charge in [0.05, 0.1) is 18.2 Å². The van der Waals surface area contributed by atoms with Gasteiger partial charge in [-0.3, -0.25) is 0 Å². The molecule has 0 saturated heterocycles. The van der Waals surface area contributed by atoms with Crippen molar-refractivity contribution in [2.75, 3.05) is 18.1 Å². The highest BCUT2D eigenvalue weighted by Gasteiger charge is 2.15. The van der Waals surface area contributed by atoms with Crippen LogP contribution in [0.5, 0.6) is 5.75 Å². The summed E-state index contributed by atoms with van der Waals surface area (Å²) in [5, 5.41) is 10.5. The van der Waals surface area contributed by atoms with Gasteiger partial charge in [0.15, 0.2) is 0 Å². The fourth-order valence-corrected chi connectivity index (χ4v) is 3.44. The fraction of sp³-hybridized carbons (Fsp3) is 0.190. The molecule has 1 N–H and O–H groups in total. The van der Waals surface area contributed by atoms with Crippen LogP contribution < -0.4 is 9.46 Å². The molecule has 1 unspecified atom stereocenters. The molecule has 0 radical (unpaired) electrons. The fourth-order valence-electron chi connectivity index (χ4n) is 2.99. The van der Waals surface area contributed by atoms with Crippen molar-refractivity contribution in [3.8, 4) is 23.7 Å². The Hall–Kier alpha value is -3.22. The Morgan fingerprint density at radius 2 is 2.04 bits per heavy atom. The van der Waals surface area contributed by atoms with E-state index in [0.717, 1.165) is 27.9 Å². The lowest BCUT2D eigenvalue weighted by atomic mass is 10.1. The number of ether oxygens (including phenoxy) is 1. The lowest BCUT2D eigenvalue weighted by Gasteiger charge is -2.05. The maximum Gasteiger partial charge on any atom is 0.120 e. The van der Waals surface area contributed by atoms with Gasteiger partial charge < -0.3 is 14.0 Å². The van der Waals surface area contributed by atoms with Gasteiger partial charge in [0, 0.05) is 35.5 Å². The van der Waals surface area contributed by atoms with Gasteiger partial charge in [-0.1, -0.05) is 12.0 Å². The van der Waals surface area contributed by atoms with E-state index in [4.69, 9.17) is 4.74 Å². The second kappa shape index (κ2) is 7.99. The number of nitriles is 1. The quantitative estimate of drug-likeness (QED) is 0.706. The highest BCUT2D eigenvalue weighted by molar-refractivity contribution is 7.85. The number of methoxy groups -OCH3 is 1. The van der Waals surface area contributed by atoms with Crippen molar-refractivity contribution in [1.29, 1.82) is 5.26 Å². The van der Waals surface area contributed by atoms with E-state index >= 15 is 0 Å². The van der Waals surface area contributed by atoms with E-state index in [1.165, 1.54) is 0 Å². The summed E-state index contributed by atoms with van der Waals surface area (Å²) in [6, 6.07) is 15.4. The summed E-state index contributed by atoms with van der Waals surface area (Å²) in [7, 11) is 0.476. The number of anilines is 1. The Bertz CT molecular complexity index is 1130.